The van der Waals surface area contributed by atoms with Gasteiger partial charge in [-0.25, -0.2) is 37.3 Å². The summed E-state index contributed by atoms with van der Waals surface area (Å²) in [5.74, 6) is 1.00. The molecule has 0 aliphatic heterocycles. The van der Waals surface area contributed by atoms with Crippen LogP contribution in [0.3, 0.4) is 0 Å². The highest BCUT2D eigenvalue weighted by Crippen LogP contribution is 2.60. The monoisotopic (exact) mass is 1140 g/mol. The van der Waals surface area contributed by atoms with Crippen LogP contribution in [0.2, 0.25) is 10.0 Å². The molecule has 0 amide bonds. The number of rotatable bonds is 13. The van der Waals surface area contributed by atoms with E-state index in [9.17, 15) is 0 Å². The highest BCUT2D eigenvalue weighted by molar-refractivity contribution is 8.76. The minimum absolute atomic E-state index is 0.501. The van der Waals surface area contributed by atoms with Gasteiger partial charge in [0.1, 0.15) is 31.8 Å². The van der Waals surface area contributed by atoms with Crippen LogP contribution in [0.15, 0.2) is 250 Å². The first-order valence-electron chi connectivity index (χ1n) is 21.8. The van der Waals surface area contributed by atoms with Gasteiger partial charge in [-0.3, -0.25) is 0 Å². The third kappa shape index (κ3) is 13.1. The highest BCUT2D eigenvalue weighted by atomic mass is 35.7. The summed E-state index contributed by atoms with van der Waals surface area (Å²) >= 11 is 12.9. The van der Waals surface area contributed by atoms with Crippen LogP contribution < -0.4 is 80.0 Å². The zero-order valence-corrected chi connectivity index (χ0v) is 44.6. The second-order valence-electron chi connectivity index (χ2n) is 15.6. The Kier molecular flexibility index (Phi) is 18.2. The van der Waals surface area contributed by atoms with Crippen molar-refractivity contribution in [2.24, 2.45) is 0 Å². The summed E-state index contributed by atoms with van der Waals surface area (Å²) in [6, 6.07) is 79.6. The molecular weight excluding hydrogens is 1100 g/mol. The van der Waals surface area contributed by atoms with Gasteiger partial charge in [-0.2, -0.15) is 9.97 Å². The third-order valence-electron chi connectivity index (χ3n) is 11.0. The Bertz CT molecular complexity index is 2920. The topological polar surface area (TPSA) is 237 Å². The van der Waals surface area contributed by atoms with E-state index < -0.39 is 35.0 Å². The van der Waals surface area contributed by atoms with E-state index in [-0.39, 0.29) is 0 Å². The Morgan fingerprint density at radius 1 is 0.324 bits per heavy atom. The summed E-state index contributed by atoms with van der Waals surface area (Å²) in [5.41, 5.74) is 3.35. The molecule has 0 aliphatic rings. The maximum absolute atomic E-state index is 8.49. The molecule has 0 radical (unpaired) electrons. The van der Waals surface area contributed by atoms with Crippen LogP contribution in [0.25, 0.3) is 22.9 Å². The molecule has 0 bridgehead atoms. The summed E-state index contributed by atoms with van der Waals surface area (Å²) in [6.07, 6.45) is 0. The Morgan fingerprint density at radius 3 is 0.730 bits per heavy atom. The number of nitrogens with zero attached hydrogens (tertiary/aromatic N) is 2. The van der Waals surface area contributed by atoms with Gasteiger partial charge in [0.2, 0.25) is 22.0 Å². The fraction of sp³-hybridized carbons (Fsp3) is 0. The minimum atomic E-state index is -4.94. The molecule has 10 aromatic rings. The van der Waals surface area contributed by atoms with E-state index in [1.807, 2.05) is 48.5 Å². The molecule has 20 heteroatoms. The Balaban J connectivity index is 0.000000667. The van der Waals surface area contributed by atoms with E-state index in [4.69, 9.17) is 79.3 Å². The normalized spacial score (nSPS) is 11.8. The first kappa shape index (κ1) is 54.8. The van der Waals surface area contributed by atoms with Gasteiger partial charge >= 0.3 is 0 Å². The highest BCUT2D eigenvalue weighted by Gasteiger charge is 2.55. The molecule has 74 heavy (non-hydrogen) atoms. The number of aromatic nitrogens is 2. The van der Waals surface area contributed by atoms with Crippen LogP contribution in [0, 0.1) is 20.5 Å². The quantitative estimate of drug-likeness (QED) is 0.119. The summed E-state index contributed by atoms with van der Waals surface area (Å²) in [5, 5.41) is 9.53. The second kappa shape index (κ2) is 24.5. The number of hydrogen-bond acceptors (Lipinski definition) is 14. The van der Waals surface area contributed by atoms with Crippen molar-refractivity contribution >= 4 is 102 Å². The van der Waals surface area contributed by atoms with E-state index in [1.54, 1.807) is 0 Å². The van der Waals surface area contributed by atoms with Crippen molar-refractivity contribution < 1.29 is 66.6 Å². The van der Waals surface area contributed by atoms with Crippen molar-refractivity contribution in [2.45, 2.75) is 10.2 Å². The molecule has 0 spiro atoms. The lowest BCUT2D eigenvalue weighted by Crippen LogP contribution is -2.68. The lowest BCUT2D eigenvalue weighted by molar-refractivity contribution is -2.00. The average molecular weight is 1140 g/mol. The molecule has 374 valence electrons. The van der Waals surface area contributed by atoms with E-state index in [0.717, 1.165) is 53.8 Å². The van der Waals surface area contributed by atoms with Gasteiger partial charge in [-0.15, -0.1) is 20.5 Å². The molecule has 10 rings (SSSR count). The van der Waals surface area contributed by atoms with E-state index >= 15 is 0 Å². The van der Waals surface area contributed by atoms with Crippen LogP contribution in [-0.2, 0) is 0 Å². The standard InChI is InChI=1S/C54H38Cl2N2O2P2S2.2ClHO4/c55-41-35-31-39(32-36-41)49-57-51(61(43-19-7-1-8-20-43,44-21-9-2-10-22-44)45-23-11-3-12-24-45)53(59-49)63-64-54-52(58-50(60-54)40-33-37-42(56)38-34-40)62(46-25-13-4-14-26-46,47-27-15-5-16-28-47)48-29-17-6-18-30-48;2*2-1(3,4)5/h1-38H;2*(H,2,3,4,5)/q+2;;/p-2. The van der Waals surface area contributed by atoms with Crippen molar-refractivity contribution in [3.63, 3.8) is 0 Å². The SMILES string of the molecule is Clc1ccc(-c2nc([P+](c3ccccc3)(c3ccccc3)c3ccccc3)c(SSc3oc(-c4ccc(Cl)cc4)nc3[P+](c3ccccc3)(c3ccccc3)c3ccccc3)o2)cc1.[O-][Cl+3]([O-])([O-])[O-].[O-][Cl+3]([O-])([O-])[O-]. The average Bonchev–Trinajstić information content (AvgIpc) is 4.05. The molecule has 0 aliphatic carbocycles. The summed E-state index contributed by atoms with van der Waals surface area (Å²) in [7, 11) is -12.3. The summed E-state index contributed by atoms with van der Waals surface area (Å²) in [4.78, 5) is 11.1. The van der Waals surface area contributed by atoms with Crippen LogP contribution >= 0.6 is 59.3 Å². The molecule has 12 nitrogen and oxygen atoms in total. The maximum Gasteiger partial charge on any atom is 0.252 e. The van der Waals surface area contributed by atoms with Gasteiger partial charge in [-0.1, -0.05) is 132 Å². The van der Waals surface area contributed by atoms with Crippen LogP contribution in [0.4, 0.5) is 0 Å². The van der Waals surface area contributed by atoms with Gasteiger partial charge in [-0.05, 0) is 143 Å². The molecule has 8 aromatic carbocycles. The molecule has 0 saturated heterocycles. The molecule has 0 fully saturated rings. The van der Waals surface area contributed by atoms with Crippen molar-refractivity contribution in [3.05, 3.63) is 241 Å². The lowest BCUT2D eigenvalue weighted by Gasteiger charge is -2.26. The Labute approximate surface area is 449 Å². The smallest absolute Gasteiger partial charge is 0.252 e. The van der Waals surface area contributed by atoms with Crippen molar-refractivity contribution in [3.8, 4) is 22.9 Å². The molecule has 0 saturated carbocycles. The van der Waals surface area contributed by atoms with Gasteiger partial charge in [0, 0.05) is 21.2 Å². The predicted octanol–water partition coefficient (Wildman–Crippen LogP) is 2.83. The third-order valence-corrected chi connectivity index (χ3v) is 22.2. The largest absolute Gasteiger partial charge is 0.424 e. The first-order valence-corrected chi connectivity index (χ1v) is 30.7. The number of oxazole rings is 2. The molecule has 0 N–H and O–H groups in total. The zero-order valence-electron chi connectivity index (χ0n) is 38.1. The second-order valence-corrected chi connectivity index (χ2v) is 26.6. The van der Waals surface area contributed by atoms with Crippen LogP contribution in [0.1, 0.15) is 0 Å². The number of hydrogen-bond donors (Lipinski definition) is 0. The van der Waals surface area contributed by atoms with Crippen molar-refractivity contribution in [1.82, 2.24) is 9.97 Å². The zero-order chi connectivity index (χ0) is 52.4. The molecule has 2 heterocycles. The maximum atomic E-state index is 8.49. The predicted molar refractivity (Wildman–Crippen MR) is 275 cm³/mol. The van der Waals surface area contributed by atoms with Crippen molar-refractivity contribution in [1.29, 1.82) is 0 Å². The number of halogens is 4. The van der Waals surface area contributed by atoms with Crippen molar-refractivity contribution in [2.75, 3.05) is 0 Å². The van der Waals surface area contributed by atoms with E-state index in [2.05, 4.69) is 182 Å². The number of benzene rings is 8. The van der Waals surface area contributed by atoms with Gasteiger partial charge < -0.3 is 8.83 Å². The van der Waals surface area contributed by atoms with Crippen LogP contribution in [-0.4, -0.2) is 9.97 Å². The van der Waals surface area contributed by atoms with E-state index in [0.29, 0.717) is 32.0 Å². The van der Waals surface area contributed by atoms with Crippen LogP contribution in [0.5, 0.6) is 0 Å². The van der Waals surface area contributed by atoms with E-state index in [1.165, 1.54) is 21.6 Å². The van der Waals surface area contributed by atoms with Gasteiger partial charge in [0.05, 0.1) is 0 Å². The fourth-order valence-electron chi connectivity index (χ4n) is 8.17. The Hall–Kier alpha value is -5.42. The van der Waals surface area contributed by atoms with Gasteiger partial charge in [0.15, 0.2) is 14.5 Å². The molecule has 2 aromatic heterocycles. The Morgan fingerprint density at radius 2 is 0.527 bits per heavy atom. The molecular formula is C54H38Cl4N2O10P2S2. The summed E-state index contributed by atoms with van der Waals surface area (Å²) < 4.78 is 82.1. The first-order chi connectivity index (χ1) is 35.5. The van der Waals surface area contributed by atoms with Gasteiger partial charge in [0.25, 0.3) is 10.9 Å². The lowest BCUT2D eigenvalue weighted by atomic mass is 10.2. The fourth-order valence-corrected chi connectivity index (χ4v) is 19.7. The molecule has 0 unspecified atom stereocenters. The summed E-state index contributed by atoms with van der Waals surface area (Å²) in [6.45, 7) is 0. The minimum Gasteiger partial charge on any atom is -0.424 e. The molecule has 0 atom stereocenters.